The lowest BCUT2D eigenvalue weighted by atomic mass is 9.67. The highest BCUT2D eigenvalue weighted by molar-refractivity contribution is 6.03. The van der Waals surface area contributed by atoms with Gasteiger partial charge in [-0.05, 0) is 73.9 Å². The van der Waals surface area contributed by atoms with Crippen LogP contribution in [0, 0.1) is 11.8 Å². The van der Waals surface area contributed by atoms with E-state index in [0.717, 1.165) is 25.0 Å². The first-order chi connectivity index (χ1) is 21.3. The second kappa shape index (κ2) is 9.85. The van der Waals surface area contributed by atoms with E-state index in [0.29, 0.717) is 5.92 Å². The lowest BCUT2D eigenvalue weighted by Gasteiger charge is -2.37. The molecule has 0 bridgehead atoms. The van der Waals surface area contributed by atoms with Crippen molar-refractivity contribution < 1.29 is 4.74 Å². The first-order valence-electron chi connectivity index (χ1n) is 15.6. The number of hydrogen-bond acceptors (Lipinski definition) is 1. The summed E-state index contributed by atoms with van der Waals surface area (Å²) in [5, 5.41) is 2.76. The predicted octanol–water partition coefficient (Wildman–Crippen LogP) is 8.09. The first kappa shape index (κ1) is 24.7. The molecule has 206 valence electrons. The fourth-order valence-electron chi connectivity index (χ4n) is 8.08. The van der Waals surface area contributed by atoms with Crippen LogP contribution in [0.2, 0.25) is 0 Å². The molecule has 1 heterocycles. The van der Waals surface area contributed by atoms with Gasteiger partial charge < -0.3 is 4.74 Å². The summed E-state index contributed by atoms with van der Waals surface area (Å²) in [4.78, 5) is 0. The lowest BCUT2D eigenvalue weighted by Crippen LogP contribution is -2.41. The Balaban J connectivity index is 1.31. The molecule has 0 saturated heterocycles. The molecule has 4 aliphatic carbocycles. The van der Waals surface area contributed by atoms with E-state index >= 15 is 0 Å². The molecule has 4 aromatic carbocycles. The van der Waals surface area contributed by atoms with E-state index in [1.54, 1.807) is 0 Å². The van der Waals surface area contributed by atoms with Crippen LogP contribution < -0.4 is 15.2 Å². The van der Waals surface area contributed by atoms with Gasteiger partial charge in [0, 0.05) is 29.4 Å². The summed E-state index contributed by atoms with van der Waals surface area (Å²) in [6, 6.07) is 37.5. The highest BCUT2D eigenvalue weighted by Gasteiger charge is 2.39. The van der Waals surface area contributed by atoms with Gasteiger partial charge in [-0.1, -0.05) is 134 Å². The molecule has 0 amide bonds. The Morgan fingerprint density at radius 2 is 1.23 bits per heavy atom. The van der Waals surface area contributed by atoms with Crippen molar-refractivity contribution >= 4 is 28.4 Å². The third kappa shape index (κ3) is 3.92. The van der Waals surface area contributed by atoms with E-state index in [1.165, 1.54) is 66.1 Å². The average Bonchev–Trinajstić information content (AvgIpc) is 3.45. The van der Waals surface area contributed by atoms with Crippen molar-refractivity contribution in [3.8, 4) is 5.75 Å². The Kier molecular flexibility index (Phi) is 5.66. The fraction of sp³-hybridized carbons (Fsp3) is 0.143. The molecule has 0 radical (unpaired) electrons. The standard InChI is InChI=1S/C42H32O/c1-2-13-28(14-3-1)37-25-31(26-39-42(37)36-20-10-11-21-38(36)43-39)41-34-18-8-6-16-32(34)40(33-17-7-9-19-35(33)41)30-23-22-27-12-4-5-15-29(27)24-30/h1-21,24-25,32,34,39H,22-23,26H2. The molecule has 0 fully saturated rings. The molecule has 0 saturated carbocycles. The third-order valence-corrected chi connectivity index (χ3v) is 9.92. The van der Waals surface area contributed by atoms with E-state index in [9.17, 15) is 0 Å². The van der Waals surface area contributed by atoms with Crippen molar-refractivity contribution in [3.63, 3.8) is 0 Å². The Labute approximate surface area is 252 Å². The Morgan fingerprint density at radius 3 is 2.05 bits per heavy atom. The van der Waals surface area contributed by atoms with Gasteiger partial charge in [0.2, 0.25) is 0 Å². The van der Waals surface area contributed by atoms with Gasteiger partial charge in [0.1, 0.15) is 11.9 Å². The van der Waals surface area contributed by atoms with Crippen LogP contribution in [0.4, 0.5) is 0 Å². The smallest absolute Gasteiger partial charge is 0.129 e. The summed E-state index contributed by atoms with van der Waals surface area (Å²) in [5.74, 6) is 1.58. The summed E-state index contributed by atoms with van der Waals surface area (Å²) in [6.07, 6.45) is 17.4. The van der Waals surface area contributed by atoms with Crippen LogP contribution in [-0.4, -0.2) is 6.10 Å². The van der Waals surface area contributed by atoms with Crippen LogP contribution in [0.1, 0.15) is 35.1 Å². The van der Waals surface area contributed by atoms with Gasteiger partial charge in [-0.15, -0.1) is 0 Å². The number of ether oxygens (including phenoxy) is 1. The molecule has 0 spiro atoms. The number of rotatable bonds is 3. The fourth-order valence-corrected chi connectivity index (χ4v) is 8.08. The maximum absolute atomic E-state index is 6.70. The normalized spacial score (nSPS) is 22.9. The molecule has 1 nitrogen and oxygen atoms in total. The molecule has 9 rings (SSSR count). The van der Waals surface area contributed by atoms with E-state index in [4.69, 9.17) is 4.74 Å². The molecule has 0 N–H and O–H groups in total. The summed E-state index contributed by atoms with van der Waals surface area (Å²) in [6.45, 7) is 0. The summed E-state index contributed by atoms with van der Waals surface area (Å²) >= 11 is 0. The SMILES string of the molecule is C1=CC2C(C3=Cc4ccccc4CC3)=c3ccccc3=C(C3=CC(c4ccccc4)=C4c5ccccc5OC4C3)C2C=C1. The Bertz CT molecular complexity index is 2080. The van der Waals surface area contributed by atoms with Crippen LogP contribution in [0.5, 0.6) is 5.75 Å². The minimum atomic E-state index is 0.0109. The number of hydrogen-bond donors (Lipinski definition) is 0. The third-order valence-electron chi connectivity index (χ3n) is 9.92. The van der Waals surface area contributed by atoms with Crippen LogP contribution in [0.25, 0.3) is 28.4 Å². The van der Waals surface area contributed by atoms with Gasteiger partial charge in [-0.25, -0.2) is 0 Å². The predicted molar refractivity (Wildman–Crippen MR) is 177 cm³/mol. The van der Waals surface area contributed by atoms with Gasteiger partial charge in [-0.3, -0.25) is 0 Å². The minimum absolute atomic E-state index is 0.0109. The monoisotopic (exact) mass is 552 g/mol. The maximum Gasteiger partial charge on any atom is 0.129 e. The second-order valence-electron chi connectivity index (χ2n) is 12.2. The second-order valence-corrected chi connectivity index (χ2v) is 12.2. The number of para-hydroxylation sites is 1. The summed E-state index contributed by atoms with van der Waals surface area (Å²) < 4.78 is 6.70. The van der Waals surface area contributed by atoms with Crippen LogP contribution >= 0.6 is 0 Å². The number of allylic oxidation sites excluding steroid dienone is 7. The zero-order valence-corrected chi connectivity index (χ0v) is 24.0. The zero-order chi connectivity index (χ0) is 28.3. The van der Waals surface area contributed by atoms with E-state index < -0.39 is 0 Å². The van der Waals surface area contributed by atoms with Gasteiger partial charge in [0.05, 0.1) is 0 Å². The topological polar surface area (TPSA) is 9.23 Å². The highest BCUT2D eigenvalue weighted by Crippen LogP contribution is 2.50. The average molecular weight is 553 g/mol. The summed E-state index contributed by atoms with van der Waals surface area (Å²) in [7, 11) is 0. The van der Waals surface area contributed by atoms with Gasteiger partial charge in [0.15, 0.2) is 0 Å². The molecular formula is C42H32O. The Morgan fingerprint density at radius 1 is 0.558 bits per heavy atom. The molecule has 4 aromatic rings. The summed E-state index contributed by atoms with van der Waals surface area (Å²) in [5.41, 5.74) is 13.7. The van der Waals surface area contributed by atoms with Crippen molar-refractivity contribution in [2.45, 2.75) is 25.4 Å². The van der Waals surface area contributed by atoms with Crippen LogP contribution in [-0.2, 0) is 6.42 Å². The lowest BCUT2D eigenvalue weighted by molar-refractivity contribution is 0.276. The highest BCUT2D eigenvalue weighted by atomic mass is 16.5. The van der Waals surface area contributed by atoms with Crippen LogP contribution in [0.15, 0.2) is 145 Å². The van der Waals surface area contributed by atoms with Gasteiger partial charge >= 0.3 is 0 Å². The number of benzene rings is 4. The van der Waals surface area contributed by atoms with Crippen molar-refractivity contribution in [2.75, 3.05) is 0 Å². The molecule has 1 heteroatoms. The minimum Gasteiger partial charge on any atom is -0.485 e. The van der Waals surface area contributed by atoms with Crippen molar-refractivity contribution in [3.05, 3.63) is 177 Å². The van der Waals surface area contributed by atoms with Gasteiger partial charge in [0.25, 0.3) is 0 Å². The van der Waals surface area contributed by atoms with E-state index in [2.05, 4.69) is 140 Å². The quantitative estimate of drug-likeness (QED) is 0.250. The Hall–Kier alpha value is -4.88. The molecular weight excluding hydrogens is 520 g/mol. The van der Waals surface area contributed by atoms with E-state index in [-0.39, 0.29) is 12.0 Å². The molecule has 3 atom stereocenters. The van der Waals surface area contributed by atoms with E-state index in [1.807, 2.05) is 0 Å². The first-order valence-corrected chi connectivity index (χ1v) is 15.6. The largest absolute Gasteiger partial charge is 0.485 e. The number of aryl methyl sites for hydroxylation is 1. The van der Waals surface area contributed by atoms with Gasteiger partial charge in [-0.2, -0.15) is 0 Å². The number of fused-ring (bicyclic) bond motifs is 6. The molecule has 1 aliphatic heterocycles. The van der Waals surface area contributed by atoms with Crippen molar-refractivity contribution in [2.24, 2.45) is 11.8 Å². The molecule has 5 aliphatic rings. The molecule has 0 aromatic heterocycles. The van der Waals surface area contributed by atoms with Crippen molar-refractivity contribution in [1.82, 2.24) is 0 Å². The molecule has 43 heavy (non-hydrogen) atoms. The van der Waals surface area contributed by atoms with Crippen LogP contribution in [0.3, 0.4) is 0 Å². The maximum atomic E-state index is 6.70. The molecule has 3 unspecified atom stereocenters. The zero-order valence-electron chi connectivity index (χ0n) is 24.0. The van der Waals surface area contributed by atoms with Crippen molar-refractivity contribution in [1.29, 1.82) is 0 Å².